The standard InChI is InChI=1S/C24H30N2O5/c1-14(27)31-9-7-16-10-15-12-24(23(28)30-3)21-18(6-8-26(13-15)22(16)24)19-11-17(29-2)4-5-20(19)25-21/h4-5,11,15-16,22,25H,6-10,12-13H2,1-3H3/t15-,16?,22-,24+/m0/s1. The number of rotatable bonds is 5. The van der Waals surface area contributed by atoms with E-state index in [1.54, 1.807) is 7.11 Å². The highest BCUT2D eigenvalue weighted by Crippen LogP contribution is 2.55. The van der Waals surface area contributed by atoms with Crippen molar-refractivity contribution < 1.29 is 23.8 Å². The molecule has 4 aliphatic rings. The van der Waals surface area contributed by atoms with Crippen molar-refractivity contribution in [3.63, 3.8) is 0 Å². The number of piperidine rings is 2. The number of nitrogens with one attached hydrogen (secondary N) is 1. The molecular weight excluding hydrogens is 396 g/mol. The molecule has 0 spiro atoms. The zero-order valence-corrected chi connectivity index (χ0v) is 18.4. The van der Waals surface area contributed by atoms with Gasteiger partial charge in [0.2, 0.25) is 0 Å². The molecule has 6 rings (SSSR count). The summed E-state index contributed by atoms with van der Waals surface area (Å²) in [4.78, 5) is 31.0. The van der Waals surface area contributed by atoms with Gasteiger partial charge in [0.1, 0.15) is 11.2 Å². The van der Waals surface area contributed by atoms with Crippen molar-refractivity contribution in [2.24, 2.45) is 11.8 Å². The average molecular weight is 427 g/mol. The number of nitrogens with zero attached hydrogens (tertiary/aromatic N) is 1. The maximum Gasteiger partial charge on any atom is 0.319 e. The van der Waals surface area contributed by atoms with Crippen molar-refractivity contribution in [1.29, 1.82) is 0 Å². The molecule has 0 amide bonds. The van der Waals surface area contributed by atoms with Crippen molar-refractivity contribution in [1.82, 2.24) is 9.88 Å². The third kappa shape index (κ3) is 3.04. The largest absolute Gasteiger partial charge is 0.497 e. The molecule has 3 aliphatic heterocycles. The fourth-order valence-electron chi connectivity index (χ4n) is 6.66. The van der Waals surface area contributed by atoms with E-state index in [0.717, 1.165) is 61.1 Å². The zero-order chi connectivity index (χ0) is 21.8. The van der Waals surface area contributed by atoms with Crippen LogP contribution in [-0.2, 0) is 30.9 Å². The molecule has 2 aromatic rings. The summed E-state index contributed by atoms with van der Waals surface area (Å²) in [6, 6.07) is 6.09. The number of ether oxygens (including phenoxy) is 3. The normalized spacial score (nSPS) is 31.1. The molecule has 2 saturated heterocycles. The number of aromatic nitrogens is 1. The predicted molar refractivity (Wildman–Crippen MR) is 115 cm³/mol. The number of hydrogen-bond acceptors (Lipinski definition) is 6. The Morgan fingerprint density at radius 2 is 2.13 bits per heavy atom. The van der Waals surface area contributed by atoms with Crippen molar-refractivity contribution in [3.05, 3.63) is 29.5 Å². The maximum atomic E-state index is 13.6. The Morgan fingerprint density at radius 1 is 1.29 bits per heavy atom. The molecule has 0 radical (unpaired) electrons. The summed E-state index contributed by atoms with van der Waals surface area (Å²) < 4.78 is 16.2. The Hall–Kier alpha value is -2.54. The summed E-state index contributed by atoms with van der Waals surface area (Å²) in [7, 11) is 3.17. The Morgan fingerprint density at radius 3 is 2.87 bits per heavy atom. The number of hydrogen-bond donors (Lipinski definition) is 1. The highest BCUT2D eigenvalue weighted by Gasteiger charge is 2.62. The molecule has 2 unspecified atom stereocenters. The van der Waals surface area contributed by atoms with Gasteiger partial charge in [-0.05, 0) is 61.3 Å². The van der Waals surface area contributed by atoms with Gasteiger partial charge in [-0.1, -0.05) is 0 Å². The minimum absolute atomic E-state index is 0.0386. The molecule has 1 N–H and O–H groups in total. The van der Waals surface area contributed by atoms with Crippen LogP contribution in [0.15, 0.2) is 18.2 Å². The van der Waals surface area contributed by atoms with Crippen molar-refractivity contribution in [2.45, 2.75) is 44.1 Å². The highest BCUT2D eigenvalue weighted by molar-refractivity contribution is 5.92. The number of carbonyl (C=O) groups excluding carboxylic acids is 2. The van der Waals surface area contributed by atoms with Gasteiger partial charge >= 0.3 is 11.9 Å². The van der Waals surface area contributed by atoms with Gasteiger partial charge in [-0.15, -0.1) is 0 Å². The van der Waals surface area contributed by atoms with Gasteiger partial charge in [0.25, 0.3) is 0 Å². The van der Waals surface area contributed by atoms with Crippen LogP contribution >= 0.6 is 0 Å². The summed E-state index contributed by atoms with van der Waals surface area (Å²) in [5, 5.41) is 1.12. The highest BCUT2D eigenvalue weighted by atomic mass is 16.5. The molecule has 1 aromatic heterocycles. The van der Waals surface area contributed by atoms with Crippen LogP contribution in [0.1, 0.15) is 37.4 Å². The SMILES string of the molecule is COC(=O)[C@@]12C[C@@H]3CC(CCOC(C)=O)[C@@H]1N(CCc1c2[nH]c2ccc(OC)cc12)C3. The Bertz CT molecular complexity index is 1030. The molecule has 1 saturated carbocycles. The van der Waals surface area contributed by atoms with Gasteiger partial charge in [0.15, 0.2) is 0 Å². The second-order valence-corrected chi connectivity index (χ2v) is 9.24. The van der Waals surface area contributed by atoms with Crippen LogP contribution < -0.4 is 4.74 Å². The molecule has 7 heteroatoms. The molecule has 1 aromatic carbocycles. The van der Waals surface area contributed by atoms with E-state index in [2.05, 4.69) is 16.0 Å². The number of benzene rings is 1. The Balaban J connectivity index is 1.64. The lowest BCUT2D eigenvalue weighted by atomic mass is 9.56. The molecule has 5 atom stereocenters. The van der Waals surface area contributed by atoms with Crippen LogP contribution in [0.5, 0.6) is 5.75 Å². The number of H-pyrrole nitrogens is 1. The van der Waals surface area contributed by atoms with Gasteiger partial charge in [0, 0.05) is 42.7 Å². The van der Waals surface area contributed by atoms with Gasteiger partial charge in [-0.2, -0.15) is 0 Å². The monoisotopic (exact) mass is 426 g/mol. The number of fused-ring (bicyclic) bond motifs is 4. The average Bonchev–Trinajstić information content (AvgIpc) is 3.10. The van der Waals surface area contributed by atoms with Crippen LogP contribution in [0.4, 0.5) is 0 Å². The van der Waals surface area contributed by atoms with E-state index in [9.17, 15) is 9.59 Å². The number of methoxy groups -OCH3 is 2. The first-order valence-corrected chi connectivity index (χ1v) is 11.1. The summed E-state index contributed by atoms with van der Waals surface area (Å²) in [5.41, 5.74) is 2.51. The molecular formula is C24H30N2O5. The van der Waals surface area contributed by atoms with Gasteiger partial charge in [-0.3, -0.25) is 14.5 Å². The van der Waals surface area contributed by atoms with Crippen LogP contribution in [0, 0.1) is 11.8 Å². The Kier molecular flexibility index (Phi) is 4.96. The lowest BCUT2D eigenvalue weighted by Crippen LogP contribution is -2.67. The van der Waals surface area contributed by atoms with Crippen LogP contribution in [-0.4, -0.2) is 61.8 Å². The number of esters is 2. The summed E-state index contributed by atoms with van der Waals surface area (Å²) in [6.07, 6.45) is 3.49. The van der Waals surface area contributed by atoms with Crippen molar-refractivity contribution in [2.75, 3.05) is 33.9 Å². The van der Waals surface area contributed by atoms with E-state index >= 15 is 0 Å². The topological polar surface area (TPSA) is 80.9 Å². The van der Waals surface area contributed by atoms with E-state index in [1.807, 2.05) is 12.1 Å². The minimum atomic E-state index is -0.727. The first-order chi connectivity index (χ1) is 15.0. The fraction of sp³-hybridized carbons (Fsp3) is 0.583. The molecule has 3 fully saturated rings. The third-order valence-corrected chi connectivity index (χ3v) is 7.64. The minimum Gasteiger partial charge on any atom is -0.497 e. The Labute approximate surface area is 182 Å². The predicted octanol–water partition coefficient (Wildman–Crippen LogP) is 2.81. The lowest BCUT2D eigenvalue weighted by molar-refractivity contribution is -0.163. The van der Waals surface area contributed by atoms with Gasteiger partial charge < -0.3 is 19.2 Å². The molecule has 4 heterocycles. The summed E-state index contributed by atoms with van der Waals surface area (Å²) in [6.45, 7) is 3.75. The van der Waals surface area contributed by atoms with Crippen LogP contribution in [0.2, 0.25) is 0 Å². The van der Waals surface area contributed by atoms with E-state index in [4.69, 9.17) is 14.2 Å². The maximum absolute atomic E-state index is 13.6. The first kappa shape index (κ1) is 20.4. The number of aromatic amines is 1. The van der Waals surface area contributed by atoms with Crippen molar-refractivity contribution >= 4 is 22.8 Å². The molecule has 31 heavy (non-hydrogen) atoms. The second-order valence-electron chi connectivity index (χ2n) is 9.24. The molecule has 7 nitrogen and oxygen atoms in total. The second kappa shape index (κ2) is 7.55. The van der Waals surface area contributed by atoms with Crippen molar-refractivity contribution in [3.8, 4) is 5.75 Å². The van der Waals surface area contributed by atoms with E-state index < -0.39 is 5.41 Å². The summed E-state index contributed by atoms with van der Waals surface area (Å²) in [5.74, 6) is 1.09. The van der Waals surface area contributed by atoms with Gasteiger partial charge in [-0.25, -0.2) is 0 Å². The smallest absolute Gasteiger partial charge is 0.319 e. The lowest BCUT2D eigenvalue weighted by Gasteiger charge is -2.57. The molecule has 166 valence electrons. The van der Waals surface area contributed by atoms with E-state index in [-0.39, 0.29) is 23.9 Å². The van der Waals surface area contributed by atoms with E-state index in [1.165, 1.54) is 19.6 Å². The third-order valence-electron chi connectivity index (χ3n) is 7.64. The zero-order valence-electron chi connectivity index (χ0n) is 18.4. The number of carbonyl (C=O) groups is 2. The fourth-order valence-corrected chi connectivity index (χ4v) is 6.66. The first-order valence-electron chi connectivity index (χ1n) is 11.1. The summed E-state index contributed by atoms with van der Waals surface area (Å²) >= 11 is 0. The van der Waals surface area contributed by atoms with Crippen LogP contribution in [0.25, 0.3) is 10.9 Å². The molecule has 1 aliphatic carbocycles. The molecule has 4 bridgehead atoms. The van der Waals surface area contributed by atoms with E-state index in [0.29, 0.717) is 12.5 Å². The van der Waals surface area contributed by atoms with Gasteiger partial charge in [0.05, 0.1) is 20.8 Å². The quantitative estimate of drug-likeness (QED) is 0.741. The van der Waals surface area contributed by atoms with Crippen LogP contribution in [0.3, 0.4) is 0 Å².